The SMILES string of the molecule is CC(C)c1cccc2c(-c3ccc(SN(C)C)cc3)c(C(=O)O)[nH]c12. The molecule has 3 rings (SSSR count). The van der Waals surface area contributed by atoms with Gasteiger partial charge in [0.2, 0.25) is 0 Å². The quantitative estimate of drug-likeness (QED) is 0.616. The van der Waals surface area contributed by atoms with Crippen LogP contribution < -0.4 is 0 Å². The molecule has 0 aliphatic heterocycles. The van der Waals surface area contributed by atoms with E-state index >= 15 is 0 Å². The second-order valence-corrected chi connectivity index (χ2v) is 7.92. The van der Waals surface area contributed by atoms with Crippen LogP contribution in [0.2, 0.25) is 0 Å². The first-order valence-corrected chi connectivity index (χ1v) is 8.99. The fraction of sp³-hybridized carbons (Fsp3) is 0.250. The lowest BCUT2D eigenvalue weighted by Crippen LogP contribution is -1.99. The van der Waals surface area contributed by atoms with E-state index in [0.29, 0.717) is 5.92 Å². The average molecular weight is 354 g/mol. The minimum Gasteiger partial charge on any atom is -0.477 e. The Hall–Kier alpha value is -2.24. The number of H-pyrrole nitrogens is 1. The fourth-order valence-corrected chi connectivity index (χ4v) is 3.75. The highest BCUT2D eigenvalue weighted by Crippen LogP contribution is 2.36. The number of hydrogen-bond acceptors (Lipinski definition) is 3. The summed E-state index contributed by atoms with van der Waals surface area (Å²) in [6.45, 7) is 4.23. The van der Waals surface area contributed by atoms with Crippen LogP contribution in [0.5, 0.6) is 0 Å². The molecule has 130 valence electrons. The molecule has 1 heterocycles. The number of aromatic carboxylic acids is 1. The molecule has 1 aromatic heterocycles. The molecular formula is C20H22N2O2S. The normalized spacial score (nSPS) is 11.6. The topological polar surface area (TPSA) is 56.3 Å². The molecule has 0 atom stereocenters. The molecule has 0 aliphatic carbocycles. The molecule has 25 heavy (non-hydrogen) atoms. The highest BCUT2D eigenvalue weighted by atomic mass is 32.2. The summed E-state index contributed by atoms with van der Waals surface area (Å²) in [5, 5.41) is 10.6. The number of carboxylic acid groups (broad SMARTS) is 1. The molecule has 0 saturated carbocycles. The van der Waals surface area contributed by atoms with Gasteiger partial charge < -0.3 is 10.1 Å². The van der Waals surface area contributed by atoms with Crippen molar-refractivity contribution in [2.45, 2.75) is 24.7 Å². The van der Waals surface area contributed by atoms with Crippen LogP contribution in [0.4, 0.5) is 0 Å². The lowest BCUT2D eigenvalue weighted by molar-refractivity contribution is 0.0692. The maximum atomic E-state index is 11.8. The van der Waals surface area contributed by atoms with E-state index in [2.05, 4.69) is 24.9 Å². The first-order chi connectivity index (χ1) is 11.9. The summed E-state index contributed by atoms with van der Waals surface area (Å²) in [4.78, 5) is 16.1. The van der Waals surface area contributed by atoms with Crippen LogP contribution in [0.25, 0.3) is 22.0 Å². The molecule has 2 aromatic carbocycles. The van der Waals surface area contributed by atoms with E-state index in [1.165, 1.54) is 0 Å². The number of aromatic nitrogens is 1. The van der Waals surface area contributed by atoms with Crippen molar-refractivity contribution < 1.29 is 9.90 Å². The van der Waals surface area contributed by atoms with Gasteiger partial charge in [0.25, 0.3) is 0 Å². The van der Waals surface area contributed by atoms with Gasteiger partial charge in [0, 0.05) is 15.8 Å². The minimum atomic E-state index is -0.937. The number of nitrogens with zero attached hydrogens (tertiary/aromatic N) is 1. The Balaban J connectivity index is 2.19. The molecule has 0 aliphatic rings. The average Bonchev–Trinajstić information content (AvgIpc) is 2.94. The van der Waals surface area contributed by atoms with E-state index in [9.17, 15) is 9.90 Å². The zero-order valence-electron chi connectivity index (χ0n) is 14.8. The van der Waals surface area contributed by atoms with Crippen LogP contribution in [-0.2, 0) is 0 Å². The molecule has 0 fully saturated rings. The number of carbonyl (C=O) groups is 1. The van der Waals surface area contributed by atoms with E-state index < -0.39 is 5.97 Å². The minimum absolute atomic E-state index is 0.246. The zero-order valence-corrected chi connectivity index (χ0v) is 15.6. The first kappa shape index (κ1) is 17.6. The van der Waals surface area contributed by atoms with Gasteiger partial charge >= 0.3 is 5.97 Å². The lowest BCUT2D eigenvalue weighted by Gasteiger charge is -2.09. The van der Waals surface area contributed by atoms with E-state index in [1.54, 1.807) is 11.9 Å². The van der Waals surface area contributed by atoms with Crippen molar-refractivity contribution in [3.63, 3.8) is 0 Å². The second kappa shape index (κ2) is 6.94. The number of fused-ring (bicyclic) bond motifs is 1. The zero-order chi connectivity index (χ0) is 18.1. The van der Waals surface area contributed by atoms with E-state index in [0.717, 1.165) is 32.5 Å². The van der Waals surface area contributed by atoms with Gasteiger partial charge in [0.05, 0.1) is 5.52 Å². The fourth-order valence-electron chi connectivity index (χ4n) is 3.07. The predicted octanol–water partition coefficient (Wildman–Crippen LogP) is 5.23. The smallest absolute Gasteiger partial charge is 0.352 e. The van der Waals surface area contributed by atoms with Crippen molar-refractivity contribution in [2.75, 3.05) is 14.1 Å². The maximum Gasteiger partial charge on any atom is 0.352 e. The van der Waals surface area contributed by atoms with Crippen molar-refractivity contribution >= 4 is 28.8 Å². The van der Waals surface area contributed by atoms with Crippen molar-refractivity contribution in [1.82, 2.24) is 9.29 Å². The van der Waals surface area contributed by atoms with E-state index in [1.807, 2.05) is 54.8 Å². The summed E-state index contributed by atoms with van der Waals surface area (Å²) < 4.78 is 2.03. The maximum absolute atomic E-state index is 11.8. The molecule has 4 nitrogen and oxygen atoms in total. The van der Waals surface area contributed by atoms with Crippen LogP contribution in [0.15, 0.2) is 47.4 Å². The second-order valence-electron chi connectivity index (χ2n) is 6.53. The number of benzene rings is 2. The molecule has 0 radical (unpaired) electrons. The van der Waals surface area contributed by atoms with Gasteiger partial charge in [-0.2, -0.15) is 0 Å². The van der Waals surface area contributed by atoms with E-state index in [-0.39, 0.29) is 5.69 Å². The van der Waals surface area contributed by atoms with Crippen LogP contribution in [0.1, 0.15) is 35.8 Å². The third-order valence-corrected chi connectivity index (χ3v) is 4.98. The molecule has 2 N–H and O–H groups in total. The number of nitrogens with one attached hydrogen (secondary N) is 1. The van der Waals surface area contributed by atoms with Crippen LogP contribution >= 0.6 is 11.9 Å². The van der Waals surface area contributed by atoms with Gasteiger partial charge in [-0.15, -0.1) is 0 Å². The predicted molar refractivity (Wildman–Crippen MR) is 104 cm³/mol. The Morgan fingerprint density at radius 3 is 2.36 bits per heavy atom. The Labute approximate surface area is 152 Å². The summed E-state index contributed by atoms with van der Waals surface area (Å²) in [7, 11) is 3.99. The number of rotatable bonds is 5. The van der Waals surface area contributed by atoms with Gasteiger partial charge in [-0.25, -0.2) is 4.79 Å². The Morgan fingerprint density at radius 2 is 1.80 bits per heavy atom. The van der Waals surface area contributed by atoms with Gasteiger partial charge in [-0.3, -0.25) is 4.31 Å². The van der Waals surface area contributed by atoms with Crippen LogP contribution in [0, 0.1) is 0 Å². The van der Waals surface area contributed by atoms with Crippen molar-refractivity contribution in [3.05, 3.63) is 53.7 Å². The molecule has 0 unspecified atom stereocenters. The molecule has 5 heteroatoms. The summed E-state index contributed by atoms with van der Waals surface area (Å²) in [6, 6.07) is 14.1. The van der Waals surface area contributed by atoms with Crippen LogP contribution in [0.3, 0.4) is 0 Å². The van der Waals surface area contributed by atoms with Crippen molar-refractivity contribution in [2.24, 2.45) is 0 Å². The molecule has 0 bridgehead atoms. The summed E-state index contributed by atoms with van der Waals surface area (Å²) >= 11 is 1.63. The van der Waals surface area contributed by atoms with Gasteiger partial charge in [0.1, 0.15) is 5.69 Å². The summed E-state index contributed by atoms with van der Waals surface area (Å²) in [5.41, 5.74) is 3.96. The number of para-hydroxylation sites is 1. The number of carboxylic acids is 1. The van der Waals surface area contributed by atoms with Gasteiger partial charge in [-0.1, -0.05) is 44.2 Å². The number of hydrogen-bond donors (Lipinski definition) is 2. The standard InChI is InChI=1S/C20H22N2O2S/c1-12(2)15-6-5-7-16-17(19(20(23)24)21-18(15)16)13-8-10-14(11-9-13)25-22(3)4/h5-12,21H,1-4H3,(H,23,24). The summed E-state index contributed by atoms with van der Waals surface area (Å²) in [6.07, 6.45) is 0. The monoisotopic (exact) mass is 354 g/mol. The molecule has 0 saturated heterocycles. The van der Waals surface area contributed by atoms with Gasteiger partial charge in [0.15, 0.2) is 0 Å². The lowest BCUT2D eigenvalue weighted by atomic mass is 9.97. The molecule has 3 aromatic rings. The third-order valence-electron chi connectivity index (χ3n) is 4.13. The number of aromatic amines is 1. The largest absolute Gasteiger partial charge is 0.477 e. The Morgan fingerprint density at radius 1 is 1.12 bits per heavy atom. The third kappa shape index (κ3) is 3.43. The molecule has 0 amide bonds. The molecule has 0 spiro atoms. The highest BCUT2D eigenvalue weighted by molar-refractivity contribution is 7.97. The van der Waals surface area contributed by atoms with E-state index in [4.69, 9.17) is 0 Å². The Bertz CT molecular complexity index is 911. The first-order valence-electron chi connectivity index (χ1n) is 8.22. The molecular weight excluding hydrogens is 332 g/mol. The van der Waals surface area contributed by atoms with Gasteiger partial charge in [-0.05, 0) is 55.2 Å². The Kier molecular flexibility index (Phi) is 4.88. The van der Waals surface area contributed by atoms with Crippen molar-refractivity contribution in [1.29, 1.82) is 0 Å². The van der Waals surface area contributed by atoms with Crippen LogP contribution in [-0.4, -0.2) is 34.5 Å². The van der Waals surface area contributed by atoms with Crippen molar-refractivity contribution in [3.8, 4) is 11.1 Å². The highest BCUT2D eigenvalue weighted by Gasteiger charge is 2.20. The summed E-state index contributed by atoms with van der Waals surface area (Å²) in [5.74, 6) is -0.622.